The van der Waals surface area contributed by atoms with E-state index in [1.165, 1.54) is 29.3 Å². The van der Waals surface area contributed by atoms with Crippen LogP contribution in [0.15, 0.2) is 83.9 Å². The molecule has 0 atom stereocenters. The van der Waals surface area contributed by atoms with E-state index in [-0.39, 0.29) is 77.2 Å². The van der Waals surface area contributed by atoms with Crippen molar-refractivity contribution in [3.8, 4) is 39.0 Å². The van der Waals surface area contributed by atoms with E-state index in [1.54, 1.807) is 91.9 Å². The van der Waals surface area contributed by atoms with Crippen molar-refractivity contribution in [1.82, 2.24) is 9.80 Å². The summed E-state index contributed by atoms with van der Waals surface area (Å²) in [5.41, 5.74) is 2.37. The molecule has 0 unspecified atom stereocenters. The number of amides is 2. The van der Waals surface area contributed by atoms with Crippen molar-refractivity contribution >= 4 is 91.2 Å². The molecule has 8 rings (SSSR count). The van der Waals surface area contributed by atoms with E-state index in [0.717, 1.165) is 19.5 Å². The van der Waals surface area contributed by atoms with Crippen molar-refractivity contribution in [2.24, 2.45) is 0 Å². The standard InChI is InChI=1S/C32H18N2O2S6.2Y/c1-33-29(25-13-11-23(41-25)21-9-7-19(39-21)17-5-3-15-37-17)27-28(31(33)35)30(34(2)32(27)36)26-14-12-24(42-26)22-10-8-20(40-22)18-6-4-16-38-18;;/h3-14H,1-2H3;;/q-2;;. The molecule has 0 saturated carbocycles. The van der Waals surface area contributed by atoms with Gasteiger partial charge in [-0.15, -0.1) is 65.9 Å². The summed E-state index contributed by atoms with van der Waals surface area (Å²) in [6, 6.07) is 24.8. The molecule has 0 aliphatic carbocycles. The molecule has 6 aromatic heterocycles. The molecule has 2 aliphatic heterocycles. The molecule has 8 heterocycles. The zero-order valence-corrected chi connectivity index (χ0v) is 33.8. The summed E-state index contributed by atoms with van der Waals surface area (Å²) in [5, 5.41) is 6.31. The zero-order chi connectivity index (χ0) is 28.5. The van der Waals surface area contributed by atoms with Gasteiger partial charge in [0.2, 0.25) is 0 Å². The predicted molar refractivity (Wildman–Crippen MR) is 179 cm³/mol. The zero-order valence-electron chi connectivity index (χ0n) is 23.2. The molecule has 6 aromatic rings. The molecule has 2 aliphatic rings. The van der Waals surface area contributed by atoms with Crippen LogP contribution >= 0.6 is 68.0 Å². The van der Waals surface area contributed by atoms with Gasteiger partial charge < -0.3 is 9.80 Å². The average molecular weight is 833 g/mol. The third-order valence-electron chi connectivity index (χ3n) is 7.24. The largest absolute Gasteiger partial charge is 0.309 e. The molecule has 0 bridgehead atoms. The van der Waals surface area contributed by atoms with Gasteiger partial charge in [-0.3, -0.25) is 32.3 Å². The molecule has 4 nitrogen and oxygen atoms in total. The third kappa shape index (κ3) is 5.47. The summed E-state index contributed by atoms with van der Waals surface area (Å²) in [7, 11) is 3.54. The van der Waals surface area contributed by atoms with E-state index in [4.69, 9.17) is 0 Å². The number of fused-ring (bicyclic) bond motifs is 1. The fourth-order valence-electron chi connectivity index (χ4n) is 5.25. The Morgan fingerprint density at radius 3 is 1.07 bits per heavy atom. The quantitative estimate of drug-likeness (QED) is 0.157. The second kappa shape index (κ2) is 13.1. The van der Waals surface area contributed by atoms with Crippen molar-refractivity contribution in [3.05, 3.63) is 104 Å². The van der Waals surface area contributed by atoms with E-state index in [9.17, 15) is 9.59 Å². The number of likely N-dealkylation sites (N-methyl/N-ethyl adjacent to an activating group) is 2. The molecular weight excluding hydrogens is 815 g/mol. The maximum Gasteiger partial charge on any atom is 0.261 e. The smallest absolute Gasteiger partial charge is 0.261 e. The Morgan fingerprint density at radius 2 is 0.750 bits per heavy atom. The molecule has 0 aromatic carbocycles. The van der Waals surface area contributed by atoms with E-state index in [1.807, 2.05) is 24.3 Å². The molecule has 0 spiro atoms. The normalized spacial score (nSPS) is 14.5. The number of carbonyl (C=O) groups excluding carboxylic acids is 2. The van der Waals surface area contributed by atoms with Crippen LogP contribution in [-0.4, -0.2) is 35.7 Å². The van der Waals surface area contributed by atoms with Crippen molar-refractivity contribution in [2.75, 3.05) is 14.1 Å². The molecule has 2 radical (unpaired) electrons. The van der Waals surface area contributed by atoms with Crippen molar-refractivity contribution in [3.63, 3.8) is 0 Å². The van der Waals surface area contributed by atoms with Crippen molar-refractivity contribution in [1.29, 1.82) is 0 Å². The van der Waals surface area contributed by atoms with Crippen LogP contribution in [0.1, 0.15) is 9.75 Å². The van der Waals surface area contributed by atoms with Gasteiger partial charge in [-0.2, -0.15) is 24.3 Å². The van der Waals surface area contributed by atoms with Crippen LogP contribution in [0.25, 0.3) is 50.4 Å². The van der Waals surface area contributed by atoms with Gasteiger partial charge in [-0.1, -0.05) is 12.1 Å². The predicted octanol–water partition coefficient (Wildman–Crippen LogP) is 9.39. The first-order valence-electron chi connectivity index (χ1n) is 12.9. The van der Waals surface area contributed by atoms with Gasteiger partial charge in [0.15, 0.2) is 0 Å². The first-order chi connectivity index (χ1) is 20.5. The van der Waals surface area contributed by atoms with Gasteiger partial charge in [0.1, 0.15) is 0 Å². The number of carbonyl (C=O) groups is 2. The van der Waals surface area contributed by atoms with Crippen LogP contribution in [0.3, 0.4) is 0 Å². The molecule has 0 fully saturated rings. The fraction of sp³-hybridized carbons (Fsp3) is 0.0625. The van der Waals surface area contributed by atoms with E-state index < -0.39 is 0 Å². The summed E-state index contributed by atoms with van der Waals surface area (Å²) in [6.45, 7) is 0. The Labute approximate surface area is 329 Å². The van der Waals surface area contributed by atoms with Crippen LogP contribution in [0.5, 0.6) is 0 Å². The van der Waals surface area contributed by atoms with Gasteiger partial charge >= 0.3 is 0 Å². The monoisotopic (exact) mass is 832 g/mol. The van der Waals surface area contributed by atoms with Crippen LogP contribution in [0, 0.1) is 10.8 Å². The Hall–Kier alpha value is -1.17. The maximum absolute atomic E-state index is 13.7. The van der Waals surface area contributed by atoms with Gasteiger partial charge in [0, 0.05) is 99.0 Å². The van der Waals surface area contributed by atoms with Crippen molar-refractivity contribution < 1.29 is 75.0 Å². The summed E-state index contributed by atoms with van der Waals surface area (Å²) >= 11 is 9.93. The molecule has 212 valence electrons. The van der Waals surface area contributed by atoms with Crippen LogP contribution in [0.2, 0.25) is 0 Å². The molecular formula is C32H18N2O2S6Y2-2. The van der Waals surface area contributed by atoms with Crippen molar-refractivity contribution in [2.45, 2.75) is 0 Å². The number of hydrogen-bond acceptors (Lipinski definition) is 8. The molecule has 2 amide bonds. The first-order valence-corrected chi connectivity index (χ1v) is 17.8. The molecule has 0 saturated heterocycles. The summed E-state index contributed by atoms with van der Waals surface area (Å²) < 4.78 is 0. The fourth-order valence-corrected chi connectivity index (χ4v) is 11.1. The number of rotatable bonds is 6. The molecule has 12 heteroatoms. The van der Waals surface area contributed by atoms with Gasteiger partial charge in [0.05, 0.1) is 32.3 Å². The SMILES string of the molecule is CN1C(=O)C2=C(c3ccc(-c4ccc(-c5cc[c-]s5)s4)s3)N(C)C(=O)C2=C1c1ccc(-c2ccc(-c3cc[c-]s3)s2)s1.[Y].[Y]. The Morgan fingerprint density at radius 1 is 0.455 bits per heavy atom. The number of thiophene rings is 6. The van der Waals surface area contributed by atoms with E-state index in [0.29, 0.717) is 22.5 Å². The van der Waals surface area contributed by atoms with Crippen LogP contribution in [0.4, 0.5) is 0 Å². The summed E-state index contributed by atoms with van der Waals surface area (Å²) in [5.74, 6) is -0.283. The topological polar surface area (TPSA) is 40.6 Å². The van der Waals surface area contributed by atoms with Crippen LogP contribution < -0.4 is 0 Å². The second-order valence-electron chi connectivity index (χ2n) is 9.67. The Kier molecular flexibility index (Phi) is 9.79. The molecule has 0 N–H and O–H groups in total. The minimum absolute atomic E-state index is 0. The average Bonchev–Trinajstić information content (AvgIpc) is 3.83. The van der Waals surface area contributed by atoms with E-state index >= 15 is 0 Å². The Balaban J connectivity index is 0.00000171. The number of nitrogens with zero attached hydrogens (tertiary/aromatic N) is 2. The van der Waals surface area contributed by atoms with Gasteiger partial charge in [-0.25, -0.2) is 0 Å². The van der Waals surface area contributed by atoms with E-state index in [2.05, 4.69) is 59.3 Å². The van der Waals surface area contributed by atoms with Gasteiger partial charge in [-0.05, 0) is 46.2 Å². The number of hydrogen-bond donors (Lipinski definition) is 0. The first kappa shape index (κ1) is 32.8. The van der Waals surface area contributed by atoms with Gasteiger partial charge in [0.25, 0.3) is 11.8 Å². The Bertz CT molecular complexity index is 1930. The van der Waals surface area contributed by atoms with Crippen LogP contribution in [-0.2, 0) is 75.0 Å². The second-order valence-corrected chi connectivity index (χ2v) is 15.8. The minimum atomic E-state index is -0.141. The summed E-state index contributed by atoms with van der Waals surface area (Å²) in [6.07, 6.45) is 0. The summed E-state index contributed by atoms with van der Waals surface area (Å²) in [4.78, 5) is 42.0. The maximum atomic E-state index is 13.7. The third-order valence-corrected chi connectivity index (χ3v) is 14.0. The minimum Gasteiger partial charge on any atom is -0.309 e. The molecule has 44 heavy (non-hydrogen) atoms.